The highest BCUT2D eigenvalue weighted by Crippen LogP contribution is 2.31. The minimum absolute atomic E-state index is 0.176. The van der Waals surface area contributed by atoms with Gasteiger partial charge in [0.15, 0.2) is 0 Å². The number of hydrazone groups is 1. The van der Waals surface area contributed by atoms with E-state index in [0.717, 1.165) is 32.7 Å². The third-order valence-corrected chi connectivity index (χ3v) is 5.65. The molecule has 0 bridgehead atoms. The fraction of sp³-hybridized carbons (Fsp3) is 0.143. The average molecular weight is 479 g/mol. The largest absolute Gasteiger partial charge is 0.316 e. The maximum atomic E-state index is 12.1. The second-order valence-corrected chi connectivity index (χ2v) is 8.03. The standard InChI is InChI=1S/C21H18BrCl2N3O/c1-13-10-16(14(2)27(13)19-5-3-4-18(23)21(19)24)12-25-26-20(28)11-15-6-8-17(22)9-7-15/h3-10,12H,11H2,1-2H3,(H,26,28)/b25-12-. The minimum atomic E-state index is -0.176. The van der Waals surface area contributed by atoms with Gasteiger partial charge in [-0.2, -0.15) is 5.10 Å². The zero-order valence-corrected chi connectivity index (χ0v) is 18.4. The number of benzene rings is 2. The Morgan fingerprint density at radius 2 is 1.89 bits per heavy atom. The molecule has 0 spiro atoms. The van der Waals surface area contributed by atoms with Crippen molar-refractivity contribution in [2.24, 2.45) is 5.10 Å². The molecule has 4 nitrogen and oxygen atoms in total. The van der Waals surface area contributed by atoms with E-state index in [9.17, 15) is 4.79 Å². The number of carbonyl (C=O) groups is 1. The average Bonchev–Trinajstić information content (AvgIpc) is 2.93. The molecule has 1 heterocycles. The van der Waals surface area contributed by atoms with Crippen LogP contribution in [0.2, 0.25) is 10.0 Å². The van der Waals surface area contributed by atoms with Crippen LogP contribution in [-0.2, 0) is 11.2 Å². The van der Waals surface area contributed by atoms with Crippen molar-refractivity contribution >= 4 is 51.3 Å². The first-order valence-electron chi connectivity index (χ1n) is 8.56. The first-order valence-corrected chi connectivity index (χ1v) is 10.1. The zero-order valence-electron chi connectivity index (χ0n) is 15.3. The summed E-state index contributed by atoms with van der Waals surface area (Å²) in [5.74, 6) is -0.176. The SMILES string of the molecule is Cc1cc(/C=N\NC(=O)Cc2ccc(Br)cc2)c(C)n1-c1cccc(Cl)c1Cl. The maximum absolute atomic E-state index is 12.1. The lowest BCUT2D eigenvalue weighted by Crippen LogP contribution is -2.19. The van der Waals surface area contributed by atoms with Crippen molar-refractivity contribution in [3.05, 3.63) is 85.6 Å². The molecule has 0 fully saturated rings. The summed E-state index contributed by atoms with van der Waals surface area (Å²) in [6, 6.07) is 15.1. The number of hydrogen-bond acceptors (Lipinski definition) is 2. The molecule has 1 N–H and O–H groups in total. The van der Waals surface area contributed by atoms with E-state index in [4.69, 9.17) is 23.2 Å². The van der Waals surface area contributed by atoms with E-state index in [1.807, 2.05) is 60.9 Å². The molecule has 7 heteroatoms. The van der Waals surface area contributed by atoms with E-state index < -0.39 is 0 Å². The first-order chi connectivity index (χ1) is 13.4. The van der Waals surface area contributed by atoms with Gasteiger partial charge in [-0.05, 0) is 49.7 Å². The summed E-state index contributed by atoms with van der Waals surface area (Å²) in [6.07, 6.45) is 1.90. The molecule has 0 saturated heterocycles. The maximum Gasteiger partial charge on any atom is 0.244 e. The van der Waals surface area contributed by atoms with Gasteiger partial charge in [0.2, 0.25) is 5.91 Å². The van der Waals surface area contributed by atoms with Gasteiger partial charge < -0.3 is 4.57 Å². The van der Waals surface area contributed by atoms with Crippen LogP contribution in [-0.4, -0.2) is 16.7 Å². The van der Waals surface area contributed by atoms with Crippen LogP contribution >= 0.6 is 39.1 Å². The van der Waals surface area contributed by atoms with Crippen LogP contribution in [0.3, 0.4) is 0 Å². The van der Waals surface area contributed by atoms with E-state index in [-0.39, 0.29) is 12.3 Å². The molecule has 0 aliphatic rings. The highest BCUT2D eigenvalue weighted by Gasteiger charge is 2.13. The van der Waals surface area contributed by atoms with Gasteiger partial charge in [-0.15, -0.1) is 0 Å². The molecule has 3 aromatic rings. The molecule has 1 amide bonds. The Morgan fingerprint density at radius 1 is 1.18 bits per heavy atom. The monoisotopic (exact) mass is 477 g/mol. The van der Waals surface area contributed by atoms with Crippen molar-refractivity contribution in [3.63, 3.8) is 0 Å². The molecule has 0 atom stereocenters. The van der Waals surface area contributed by atoms with Gasteiger partial charge in [-0.3, -0.25) is 4.79 Å². The summed E-state index contributed by atoms with van der Waals surface area (Å²) in [6.45, 7) is 3.95. The lowest BCUT2D eigenvalue weighted by atomic mass is 10.1. The zero-order chi connectivity index (χ0) is 20.3. The van der Waals surface area contributed by atoms with Gasteiger partial charge in [0.25, 0.3) is 0 Å². The van der Waals surface area contributed by atoms with Crippen LogP contribution in [0.1, 0.15) is 22.5 Å². The molecular formula is C21H18BrCl2N3O. The van der Waals surface area contributed by atoms with Crippen LogP contribution in [0.5, 0.6) is 0 Å². The van der Waals surface area contributed by atoms with Crippen molar-refractivity contribution in [1.82, 2.24) is 9.99 Å². The predicted octanol–water partition coefficient (Wildman–Crippen LogP) is 5.86. The summed E-state index contributed by atoms with van der Waals surface area (Å²) >= 11 is 15.9. The molecule has 0 unspecified atom stereocenters. The number of hydrogen-bond donors (Lipinski definition) is 1. The Labute approximate surface area is 182 Å². The van der Waals surface area contributed by atoms with Crippen LogP contribution in [0.25, 0.3) is 5.69 Å². The fourth-order valence-corrected chi connectivity index (χ4v) is 3.60. The van der Waals surface area contributed by atoms with Gasteiger partial charge in [0.05, 0.1) is 28.4 Å². The van der Waals surface area contributed by atoms with Crippen molar-refractivity contribution in [2.75, 3.05) is 0 Å². The molecular weight excluding hydrogens is 461 g/mol. The molecule has 28 heavy (non-hydrogen) atoms. The summed E-state index contributed by atoms with van der Waals surface area (Å²) in [5, 5.41) is 5.10. The van der Waals surface area contributed by atoms with Gasteiger partial charge >= 0.3 is 0 Å². The number of aromatic nitrogens is 1. The Kier molecular flexibility index (Phi) is 6.60. The summed E-state index contributed by atoms with van der Waals surface area (Å²) < 4.78 is 2.99. The van der Waals surface area contributed by atoms with Gasteiger partial charge in [0, 0.05) is 21.4 Å². The summed E-state index contributed by atoms with van der Waals surface area (Å²) in [5.41, 5.74) is 7.13. The third kappa shape index (κ3) is 4.66. The van der Waals surface area contributed by atoms with Gasteiger partial charge in [-0.1, -0.05) is 57.3 Å². The number of nitrogens with zero attached hydrogens (tertiary/aromatic N) is 2. The van der Waals surface area contributed by atoms with Crippen molar-refractivity contribution in [2.45, 2.75) is 20.3 Å². The first kappa shape index (κ1) is 20.6. The summed E-state index contributed by atoms with van der Waals surface area (Å²) in [4.78, 5) is 12.1. The lowest BCUT2D eigenvalue weighted by Gasteiger charge is -2.12. The van der Waals surface area contributed by atoms with Crippen molar-refractivity contribution < 1.29 is 4.79 Å². The molecule has 0 aliphatic carbocycles. The van der Waals surface area contributed by atoms with E-state index in [2.05, 4.69) is 26.5 Å². The van der Waals surface area contributed by atoms with Crippen molar-refractivity contribution in [3.8, 4) is 5.69 Å². The smallest absolute Gasteiger partial charge is 0.244 e. The van der Waals surface area contributed by atoms with E-state index >= 15 is 0 Å². The van der Waals surface area contributed by atoms with Gasteiger partial charge in [0.1, 0.15) is 0 Å². The molecule has 144 valence electrons. The van der Waals surface area contributed by atoms with Gasteiger partial charge in [-0.25, -0.2) is 5.43 Å². The number of nitrogens with one attached hydrogen (secondary N) is 1. The number of amides is 1. The molecule has 0 saturated carbocycles. The molecule has 0 aliphatic heterocycles. The van der Waals surface area contributed by atoms with Crippen LogP contribution in [0, 0.1) is 13.8 Å². The Bertz CT molecular complexity index is 1040. The van der Waals surface area contributed by atoms with E-state index in [0.29, 0.717) is 10.0 Å². The number of rotatable bonds is 5. The van der Waals surface area contributed by atoms with Crippen LogP contribution in [0.4, 0.5) is 0 Å². The Morgan fingerprint density at radius 3 is 2.61 bits per heavy atom. The quantitative estimate of drug-likeness (QED) is 0.362. The van der Waals surface area contributed by atoms with Crippen LogP contribution in [0.15, 0.2) is 58.1 Å². The lowest BCUT2D eigenvalue weighted by molar-refractivity contribution is -0.120. The predicted molar refractivity (Wildman–Crippen MR) is 119 cm³/mol. The van der Waals surface area contributed by atoms with Crippen molar-refractivity contribution in [1.29, 1.82) is 0 Å². The molecule has 3 rings (SSSR count). The Balaban J connectivity index is 1.73. The molecule has 1 aromatic heterocycles. The minimum Gasteiger partial charge on any atom is -0.316 e. The fourth-order valence-electron chi connectivity index (χ4n) is 2.96. The normalized spacial score (nSPS) is 11.2. The summed E-state index contributed by atoms with van der Waals surface area (Å²) in [7, 11) is 0. The van der Waals surface area contributed by atoms with E-state index in [1.165, 1.54) is 0 Å². The topological polar surface area (TPSA) is 46.4 Å². The van der Waals surface area contributed by atoms with E-state index in [1.54, 1.807) is 12.3 Å². The van der Waals surface area contributed by atoms with Crippen LogP contribution < -0.4 is 5.43 Å². The molecule has 2 aromatic carbocycles. The molecule has 0 radical (unpaired) electrons. The number of carbonyl (C=O) groups excluding carboxylic acids is 1. The second-order valence-electron chi connectivity index (χ2n) is 6.33. The Hall–Kier alpha value is -2.08. The highest BCUT2D eigenvalue weighted by molar-refractivity contribution is 9.10. The highest BCUT2D eigenvalue weighted by atomic mass is 79.9. The third-order valence-electron chi connectivity index (χ3n) is 4.31. The number of halogens is 3. The number of aryl methyl sites for hydroxylation is 1. The second kappa shape index (κ2) is 8.95.